The summed E-state index contributed by atoms with van der Waals surface area (Å²) in [6.07, 6.45) is 7.19. The van der Waals surface area contributed by atoms with Gasteiger partial charge in [-0.15, -0.1) is 0 Å². The zero-order chi connectivity index (χ0) is 17.2. The molecule has 2 aliphatic rings. The fourth-order valence-electron chi connectivity index (χ4n) is 4.48. The molecule has 4 heteroatoms. The zero-order valence-corrected chi connectivity index (χ0v) is 14.4. The first-order chi connectivity index (χ1) is 11.5. The second-order valence-corrected chi connectivity index (χ2v) is 7.64. The fraction of sp³-hybridized carbons (Fsp3) is 0.600. The monoisotopic (exact) mass is 326 g/mol. The molecule has 1 spiro atoms. The summed E-state index contributed by atoms with van der Waals surface area (Å²) in [5, 5.41) is 18.1. The standard InChI is InChI=1S/C20H26N2O2/c1-15-2-3-17(14-21)12-18(15)22-10-8-20(9-11-22)6-4-16(5-7-20)13-19(23)24/h2-3,12,16H,4-11,13H2,1H3,(H,23,24). The molecule has 1 aliphatic heterocycles. The lowest BCUT2D eigenvalue weighted by atomic mass is 9.65. The Kier molecular flexibility index (Phi) is 4.80. The van der Waals surface area contributed by atoms with E-state index < -0.39 is 5.97 Å². The SMILES string of the molecule is Cc1ccc(C#N)cc1N1CCC2(CCC(CC(=O)O)CC2)CC1. The van der Waals surface area contributed by atoms with Gasteiger partial charge in [-0.05, 0) is 74.5 Å². The molecule has 4 nitrogen and oxygen atoms in total. The number of rotatable bonds is 3. The number of nitriles is 1. The Morgan fingerprint density at radius 1 is 1.29 bits per heavy atom. The summed E-state index contributed by atoms with van der Waals surface area (Å²) in [5.74, 6) is -0.278. The van der Waals surface area contributed by atoms with Crippen molar-refractivity contribution in [2.45, 2.75) is 51.9 Å². The van der Waals surface area contributed by atoms with Crippen molar-refractivity contribution >= 4 is 11.7 Å². The summed E-state index contributed by atoms with van der Waals surface area (Å²) >= 11 is 0. The van der Waals surface area contributed by atoms with Crippen LogP contribution < -0.4 is 4.90 Å². The van der Waals surface area contributed by atoms with Gasteiger partial charge in [-0.25, -0.2) is 0 Å². The molecule has 0 aromatic heterocycles. The molecule has 1 heterocycles. The predicted octanol–water partition coefficient (Wildman–Crippen LogP) is 4.12. The van der Waals surface area contributed by atoms with Crippen molar-refractivity contribution in [2.24, 2.45) is 11.3 Å². The number of piperidine rings is 1. The summed E-state index contributed by atoms with van der Waals surface area (Å²) < 4.78 is 0. The molecule has 2 fully saturated rings. The molecule has 1 N–H and O–H groups in total. The van der Waals surface area contributed by atoms with Crippen molar-refractivity contribution in [1.82, 2.24) is 0 Å². The second-order valence-electron chi connectivity index (χ2n) is 7.64. The van der Waals surface area contributed by atoms with Crippen LogP contribution in [0.25, 0.3) is 0 Å². The van der Waals surface area contributed by atoms with Crippen molar-refractivity contribution in [2.75, 3.05) is 18.0 Å². The third kappa shape index (κ3) is 3.56. The molecule has 3 rings (SSSR count). The quantitative estimate of drug-likeness (QED) is 0.907. The number of nitrogens with zero attached hydrogens (tertiary/aromatic N) is 2. The minimum Gasteiger partial charge on any atom is -0.481 e. The highest BCUT2D eigenvalue weighted by molar-refractivity contribution is 5.67. The van der Waals surface area contributed by atoms with E-state index in [0.717, 1.165) is 31.5 Å². The molecule has 1 aromatic rings. The molecule has 0 bridgehead atoms. The van der Waals surface area contributed by atoms with Gasteiger partial charge in [0.1, 0.15) is 0 Å². The van der Waals surface area contributed by atoms with Gasteiger partial charge >= 0.3 is 5.97 Å². The van der Waals surface area contributed by atoms with E-state index in [1.54, 1.807) is 0 Å². The maximum absolute atomic E-state index is 10.9. The summed E-state index contributed by atoms with van der Waals surface area (Å²) in [4.78, 5) is 13.3. The summed E-state index contributed by atoms with van der Waals surface area (Å²) in [6.45, 7) is 4.19. The number of carboxylic acids is 1. The number of carbonyl (C=O) groups is 1. The molecule has 0 unspecified atom stereocenters. The fourth-order valence-corrected chi connectivity index (χ4v) is 4.48. The molecule has 1 aliphatic carbocycles. The summed E-state index contributed by atoms with van der Waals surface area (Å²) in [6, 6.07) is 8.17. The summed E-state index contributed by atoms with van der Waals surface area (Å²) in [7, 11) is 0. The lowest BCUT2D eigenvalue weighted by molar-refractivity contribution is -0.138. The van der Waals surface area contributed by atoms with E-state index in [1.165, 1.54) is 36.9 Å². The van der Waals surface area contributed by atoms with Gasteiger partial charge in [0.2, 0.25) is 0 Å². The second kappa shape index (κ2) is 6.84. The van der Waals surface area contributed by atoms with E-state index in [0.29, 0.717) is 17.8 Å². The molecule has 0 atom stereocenters. The van der Waals surface area contributed by atoms with E-state index in [1.807, 2.05) is 18.2 Å². The molecular weight excluding hydrogens is 300 g/mol. The molecule has 1 saturated carbocycles. The van der Waals surface area contributed by atoms with E-state index in [4.69, 9.17) is 10.4 Å². The Morgan fingerprint density at radius 3 is 2.54 bits per heavy atom. The number of hydrogen-bond donors (Lipinski definition) is 1. The first-order valence-corrected chi connectivity index (χ1v) is 8.99. The van der Waals surface area contributed by atoms with Crippen LogP contribution in [0.4, 0.5) is 5.69 Å². The Labute approximate surface area is 144 Å². The Morgan fingerprint density at radius 2 is 1.96 bits per heavy atom. The highest BCUT2D eigenvalue weighted by Gasteiger charge is 2.38. The molecule has 0 amide bonds. The van der Waals surface area contributed by atoms with Gasteiger partial charge < -0.3 is 10.0 Å². The van der Waals surface area contributed by atoms with Crippen molar-refractivity contribution in [1.29, 1.82) is 5.26 Å². The number of anilines is 1. The third-order valence-electron chi connectivity index (χ3n) is 6.13. The minimum atomic E-state index is -0.654. The van der Waals surface area contributed by atoms with Gasteiger partial charge in [0.15, 0.2) is 0 Å². The number of benzene rings is 1. The molecule has 1 saturated heterocycles. The lowest BCUT2D eigenvalue weighted by Crippen LogP contribution is -2.42. The zero-order valence-electron chi connectivity index (χ0n) is 14.4. The minimum absolute atomic E-state index is 0.336. The predicted molar refractivity (Wildman–Crippen MR) is 94.0 cm³/mol. The van der Waals surface area contributed by atoms with Crippen LogP contribution in [0.1, 0.15) is 56.1 Å². The van der Waals surface area contributed by atoms with Crippen LogP contribution in [0.15, 0.2) is 18.2 Å². The van der Waals surface area contributed by atoms with Crippen molar-refractivity contribution in [3.8, 4) is 6.07 Å². The van der Waals surface area contributed by atoms with Crippen LogP contribution in [0.5, 0.6) is 0 Å². The largest absolute Gasteiger partial charge is 0.481 e. The first kappa shape index (κ1) is 16.8. The molecule has 1 aromatic carbocycles. The van der Waals surface area contributed by atoms with Crippen LogP contribution in [-0.4, -0.2) is 24.2 Å². The molecule has 24 heavy (non-hydrogen) atoms. The molecule has 0 radical (unpaired) electrons. The molecular formula is C20H26N2O2. The maximum atomic E-state index is 10.9. The highest BCUT2D eigenvalue weighted by atomic mass is 16.4. The Bertz CT molecular complexity index is 644. The van der Waals surface area contributed by atoms with E-state index in [9.17, 15) is 4.79 Å². The van der Waals surface area contributed by atoms with Crippen molar-refractivity contribution < 1.29 is 9.90 Å². The van der Waals surface area contributed by atoms with Crippen LogP contribution in [0, 0.1) is 29.6 Å². The average Bonchev–Trinajstić information content (AvgIpc) is 2.58. The third-order valence-corrected chi connectivity index (χ3v) is 6.13. The normalized spacial score (nSPS) is 20.8. The van der Waals surface area contributed by atoms with Gasteiger partial charge in [-0.3, -0.25) is 4.79 Å². The molecule has 128 valence electrons. The number of hydrogen-bond acceptors (Lipinski definition) is 3. The van der Waals surface area contributed by atoms with Crippen LogP contribution in [0.3, 0.4) is 0 Å². The number of aryl methyl sites for hydroxylation is 1. The van der Waals surface area contributed by atoms with Crippen LogP contribution in [0.2, 0.25) is 0 Å². The van der Waals surface area contributed by atoms with Crippen LogP contribution in [-0.2, 0) is 4.79 Å². The topological polar surface area (TPSA) is 64.3 Å². The number of aliphatic carboxylic acids is 1. The van der Waals surface area contributed by atoms with E-state index in [2.05, 4.69) is 17.9 Å². The van der Waals surface area contributed by atoms with Gasteiger partial charge in [0.25, 0.3) is 0 Å². The summed E-state index contributed by atoms with van der Waals surface area (Å²) in [5.41, 5.74) is 3.58. The van der Waals surface area contributed by atoms with Gasteiger partial charge in [0.05, 0.1) is 11.6 Å². The van der Waals surface area contributed by atoms with Gasteiger partial charge in [0, 0.05) is 25.2 Å². The van der Waals surface area contributed by atoms with E-state index >= 15 is 0 Å². The van der Waals surface area contributed by atoms with Crippen molar-refractivity contribution in [3.63, 3.8) is 0 Å². The highest BCUT2D eigenvalue weighted by Crippen LogP contribution is 2.47. The Balaban J connectivity index is 1.61. The lowest BCUT2D eigenvalue weighted by Gasteiger charge is -2.46. The smallest absolute Gasteiger partial charge is 0.303 e. The van der Waals surface area contributed by atoms with Crippen molar-refractivity contribution in [3.05, 3.63) is 29.3 Å². The van der Waals surface area contributed by atoms with Gasteiger partial charge in [-0.1, -0.05) is 6.07 Å². The average molecular weight is 326 g/mol. The van der Waals surface area contributed by atoms with E-state index in [-0.39, 0.29) is 0 Å². The number of carboxylic acid groups (broad SMARTS) is 1. The maximum Gasteiger partial charge on any atom is 0.303 e. The van der Waals surface area contributed by atoms with Crippen LogP contribution >= 0.6 is 0 Å². The Hall–Kier alpha value is -2.02. The van der Waals surface area contributed by atoms with Gasteiger partial charge in [-0.2, -0.15) is 5.26 Å². The first-order valence-electron chi connectivity index (χ1n) is 8.99.